The number of nitrogens with one attached hydrogen (secondary N) is 1. The Kier molecular flexibility index (Phi) is 4.47. The molecule has 0 unspecified atom stereocenters. The lowest BCUT2D eigenvalue weighted by molar-refractivity contribution is 1.06. The third kappa shape index (κ3) is 3.04. The molecule has 0 aromatic carbocycles. The number of rotatable bonds is 4. The fourth-order valence-corrected chi connectivity index (χ4v) is 1.32. The number of hydrogen-bond donors (Lipinski definition) is 1. The van der Waals surface area contributed by atoms with Gasteiger partial charge in [0.1, 0.15) is 0 Å². The Hall–Kier alpha value is -1.02. The third-order valence-electron chi connectivity index (χ3n) is 1.93. The Morgan fingerprint density at radius 2 is 2.36 bits per heavy atom. The maximum atomic E-state index is 6.06. The number of aromatic nitrogens is 1. The van der Waals surface area contributed by atoms with E-state index in [1.54, 1.807) is 6.20 Å². The third-order valence-corrected chi connectivity index (χ3v) is 2.40. The van der Waals surface area contributed by atoms with E-state index in [0.717, 1.165) is 24.3 Å². The molecule has 0 aliphatic carbocycles. The molecule has 0 amide bonds. The van der Waals surface area contributed by atoms with E-state index in [1.165, 1.54) is 0 Å². The van der Waals surface area contributed by atoms with Gasteiger partial charge in [0.25, 0.3) is 0 Å². The van der Waals surface area contributed by atoms with Crippen molar-refractivity contribution < 1.29 is 0 Å². The van der Waals surface area contributed by atoms with Crippen molar-refractivity contribution >= 4 is 17.3 Å². The summed E-state index contributed by atoms with van der Waals surface area (Å²) >= 11 is 6.06. The minimum atomic E-state index is 0.716. The summed E-state index contributed by atoms with van der Waals surface area (Å²) in [5.41, 5.74) is 1.83. The van der Waals surface area contributed by atoms with Crippen LogP contribution in [0.15, 0.2) is 24.4 Å². The second-order valence-electron chi connectivity index (χ2n) is 3.04. The van der Waals surface area contributed by atoms with Crippen molar-refractivity contribution in [3.05, 3.63) is 35.1 Å². The maximum absolute atomic E-state index is 6.06. The molecule has 0 fully saturated rings. The van der Waals surface area contributed by atoms with E-state index in [9.17, 15) is 0 Å². The van der Waals surface area contributed by atoms with Gasteiger partial charge in [0.2, 0.25) is 0 Å². The van der Waals surface area contributed by atoms with Crippen LogP contribution >= 0.6 is 11.6 Å². The molecule has 0 saturated heterocycles. The lowest BCUT2D eigenvalue weighted by atomic mass is 10.3. The van der Waals surface area contributed by atoms with E-state index in [0.29, 0.717) is 5.02 Å². The van der Waals surface area contributed by atoms with E-state index in [4.69, 9.17) is 11.6 Å². The number of aryl methyl sites for hydroxylation is 1. The summed E-state index contributed by atoms with van der Waals surface area (Å²) in [6, 6.07) is 1.89. The van der Waals surface area contributed by atoms with Crippen LogP contribution in [-0.4, -0.2) is 11.5 Å². The summed E-state index contributed by atoms with van der Waals surface area (Å²) in [4.78, 5) is 4.10. The highest BCUT2D eigenvalue weighted by Crippen LogP contribution is 2.22. The number of anilines is 1. The molecule has 0 aliphatic rings. The lowest BCUT2D eigenvalue weighted by Crippen LogP contribution is -2.01. The molecule has 3 heteroatoms. The Labute approximate surface area is 90.0 Å². The molecule has 0 radical (unpaired) electrons. The Bertz CT molecular complexity index is 321. The van der Waals surface area contributed by atoms with E-state index in [2.05, 4.69) is 16.4 Å². The highest BCUT2D eigenvalue weighted by molar-refractivity contribution is 6.33. The first-order valence-electron chi connectivity index (χ1n) is 4.72. The van der Waals surface area contributed by atoms with Crippen molar-refractivity contribution in [2.75, 3.05) is 11.9 Å². The van der Waals surface area contributed by atoms with Crippen LogP contribution in [0.5, 0.6) is 0 Å². The minimum Gasteiger partial charge on any atom is -0.383 e. The number of nitrogens with zero attached hydrogens (tertiary/aromatic N) is 1. The fourth-order valence-electron chi connectivity index (χ4n) is 1.14. The summed E-state index contributed by atoms with van der Waals surface area (Å²) in [7, 11) is 0. The van der Waals surface area contributed by atoms with Gasteiger partial charge in [-0.2, -0.15) is 0 Å². The second-order valence-corrected chi connectivity index (χ2v) is 3.42. The van der Waals surface area contributed by atoms with Crippen molar-refractivity contribution in [1.82, 2.24) is 4.98 Å². The largest absolute Gasteiger partial charge is 0.383 e. The molecule has 1 aromatic rings. The van der Waals surface area contributed by atoms with Crippen LogP contribution in [0.25, 0.3) is 0 Å². The topological polar surface area (TPSA) is 24.9 Å². The highest BCUT2D eigenvalue weighted by Gasteiger charge is 2.01. The summed E-state index contributed by atoms with van der Waals surface area (Å²) in [6.07, 6.45) is 6.93. The Morgan fingerprint density at radius 1 is 1.57 bits per heavy atom. The highest BCUT2D eigenvalue weighted by atomic mass is 35.5. The zero-order valence-electron chi connectivity index (χ0n) is 8.55. The molecule has 0 bridgehead atoms. The van der Waals surface area contributed by atoms with Crippen molar-refractivity contribution in [3.63, 3.8) is 0 Å². The van der Waals surface area contributed by atoms with Gasteiger partial charge in [-0.25, -0.2) is 0 Å². The molecule has 14 heavy (non-hydrogen) atoms. The first-order valence-corrected chi connectivity index (χ1v) is 5.09. The molecular weight excluding hydrogens is 196 g/mol. The monoisotopic (exact) mass is 210 g/mol. The van der Waals surface area contributed by atoms with Crippen molar-refractivity contribution in [1.29, 1.82) is 0 Å². The summed E-state index contributed by atoms with van der Waals surface area (Å²) in [6.45, 7) is 4.82. The molecule has 1 heterocycles. The molecule has 0 saturated carbocycles. The van der Waals surface area contributed by atoms with Crippen LogP contribution in [0.3, 0.4) is 0 Å². The Balaban J connectivity index is 2.54. The number of halogens is 1. The predicted molar refractivity (Wildman–Crippen MR) is 61.9 cm³/mol. The van der Waals surface area contributed by atoms with Gasteiger partial charge < -0.3 is 5.32 Å². The molecular formula is C11H15ClN2. The van der Waals surface area contributed by atoms with Crippen LogP contribution in [0.1, 0.15) is 19.0 Å². The molecule has 76 valence electrons. The lowest BCUT2D eigenvalue weighted by Gasteiger charge is -2.07. The normalized spacial score (nSPS) is 10.8. The van der Waals surface area contributed by atoms with E-state index in [1.807, 2.05) is 26.0 Å². The van der Waals surface area contributed by atoms with Crippen molar-refractivity contribution in [3.8, 4) is 0 Å². The van der Waals surface area contributed by atoms with Crippen molar-refractivity contribution in [2.45, 2.75) is 20.3 Å². The first kappa shape index (κ1) is 11.1. The molecule has 0 spiro atoms. The van der Waals surface area contributed by atoms with Crippen LogP contribution in [-0.2, 0) is 0 Å². The van der Waals surface area contributed by atoms with Gasteiger partial charge in [0.15, 0.2) is 0 Å². The van der Waals surface area contributed by atoms with Gasteiger partial charge in [-0.05, 0) is 26.3 Å². The fraction of sp³-hybridized carbons (Fsp3) is 0.364. The van der Waals surface area contributed by atoms with Gasteiger partial charge in [-0.15, -0.1) is 0 Å². The average Bonchev–Trinajstić information content (AvgIpc) is 2.19. The summed E-state index contributed by atoms with van der Waals surface area (Å²) < 4.78 is 0. The van der Waals surface area contributed by atoms with Gasteiger partial charge in [-0.3, -0.25) is 4.98 Å². The second kappa shape index (κ2) is 5.66. The quantitative estimate of drug-likeness (QED) is 0.609. The molecule has 2 nitrogen and oxygen atoms in total. The molecule has 0 atom stereocenters. The first-order chi connectivity index (χ1) is 6.75. The van der Waals surface area contributed by atoms with Crippen LogP contribution in [0, 0.1) is 6.92 Å². The van der Waals surface area contributed by atoms with E-state index >= 15 is 0 Å². The minimum absolute atomic E-state index is 0.716. The maximum Gasteiger partial charge on any atom is 0.0849 e. The Morgan fingerprint density at radius 3 is 3.07 bits per heavy atom. The average molecular weight is 211 g/mol. The van der Waals surface area contributed by atoms with Crippen molar-refractivity contribution in [2.24, 2.45) is 0 Å². The standard InChI is InChI=1S/C11H15ClN2/c1-3-4-5-7-14-10-6-8-13-9(2)11(10)12/h3-4,6,8H,5,7H2,1-2H3,(H,13,14)/b4-3+. The zero-order chi connectivity index (χ0) is 10.4. The zero-order valence-corrected chi connectivity index (χ0v) is 9.30. The van der Waals surface area contributed by atoms with Crippen LogP contribution in [0.2, 0.25) is 5.02 Å². The van der Waals surface area contributed by atoms with Crippen LogP contribution < -0.4 is 5.32 Å². The van der Waals surface area contributed by atoms with E-state index < -0.39 is 0 Å². The van der Waals surface area contributed by atoms with Crippen LogP contribution in [0.4, 0.5) is 5.69 Å². The molecule has 1 aromatic heterocycles. The van der Waals surface area contributed by atoms with E-state index in [-0.39, 0.29) is 0 Å². The smallest absolute Gasteiger partial charge is 0.0849 e. The molecule has 1 N–H and O–H groups in total. The number of pyridine rings is 1. The van der Waals surface area contributed by atoms with Gasteiger partial charge in [-0.1, -0.05) is 23.8 Å². The molecule has 1 rings (SSSR count). The SMILES string of the molecule is C/C=C/CCNc1ccnc(C)c1Cl. The molecule has 0 aliphatic heterocycles. The van der Waals surface area contributed by atoms with Gasteiger partial charge >= 0.3 is 0 Å². The summed E-state index contributed by atoms with van der Waals surface area (Å²) in [5.74, 6) is 0. The van der Waals surface area contributed by atoms with Gasteiger partial charge in [0.05, 0.1) is 16.4 Å². The summed E-state index contributed by atoms with van der Waals surface area (Å²) in [5, 5.41) is 3.98. The number of hydrogen-bond acceptors (Lipinski definition) is 2. The van der Waals surface area contributed by atoms with Gasteiger partial charge in [0, 0.05) is 12.7 Å². The number of allylic oxidation sites excluding steroid dienone is 1. The predicted octanol–water partition coefficient (Wildman–Crippen LogP) is 3.42.